The molecule has 2 aromatic carbocycles. The zero-order chi connectivity index (χ0) is 20.8. The number of ether oxygens (including phenoxy) is 2. The van der Waals surface area contributed by atoms with E-state index in [-0.39, 0.29) is 5.57 Å². The summed E-state index contributed by atoms with van der Waals surface area (Å²) in [5, 5.41) is 1.23. The molecule has 0 spiro atoms. The average Bonchev–Trinajstić information content (AvgIpc) is 3.01. The number of allylic oxidation sites excluding steroid dienone is 1. The van der Waals surface area contributed by atoms with Gasteiger partial charge < -0.3 is 9.47 Å². The normalized spacial score (nSPS) is 14.7. The Hall–Kier alpha value is -3.80. The lowest BCUT2D eigenvalue weighted by Crippen LogP contribution is -2.35. The van der Waals surface area contributed by atoms with E-state index in [0.29, 0.717) is 35.8 Å². The van der Waals surface area contributed by atoms with Crippen LogP contribution < -0.4 is 19.9 Å². The van der Waals surface area contributed by atoms with E-state index < -0.39 is 11.8 Å². The monoisotopic (exact) mass is 390 g/mol. The second-order valence-electron chi connectivity index (χ2n) is 6.28. The van der Waals surface area contributed by atoms with Gasteiger partial charge >= 0.3 is 0 Å². The summed E-state index contributed by atoms with van der Waals surface area (Å²) in [4.78, 5) is 25.2. The summed E-state index contributed by atoms with van der Waals surface area (Å²) in [6.45, 7) is 7.76. The van der Waals surface area contributed by atoms with Crippen LogP contribution in [0.2, 0.25) is 0 Å². The van der Waals surface area contributed by atoms with Gasteiger partial charge in [0.2, 0.25) is 0 Å². The Kier molecular flexibility index (Phi) is 6.14. The SMILES string of the molecule is C=CCOc1c(CC=C)cc(C=C2C(=O)NN(c3ccccc3)C2=O)cc1OC. The van der Waals surface area contributed by atoms with Crippen LogP contribution in [0.5, 0.6) is 11.5 Å². The number of carbonyl (C=O) groups excluding carboxylic acids is 2. The number of para-hydroxylation sites is 1. The maximum atomic E-state index is 12.8. The molecule has 6 heteroatoms. The molecule has 6 nitrogen and oxygen atoms in total. The van der Waals surface area contributed by atoms with Crippen molar-refractivity contribution in [3.8, 4) is 11.5 Å². The summed E-state index contributed by atoms with van der Waals surface area (Å²) in [5.41, 5.74) is 4.71. The summed E-state index contributed by atoms with van der Waals surface area (Å²) >= 11 is 0. The number of amides is 2. The standard InChI is InChI=1S/C23H22N2O4/c1-4-9-17-13-16(15-20(28-3)21(17)29-12-5-2)14-19-22(26)24-25(23(19)27)18-10-7-6-8-11-18/h4-8,10-11,13-15H,1-2,9,12H2,3H3,(H,24,26). The van der Waals surface area contributed by atoms with Crippen LogP contribution in [0.3, 0.4) is 0 Å². The fourth-order valence-corrected chi connectivity index (χ4v) is 3.01. The molecule has 0 unspecified atom stereocenters. The second-order valence-corrected chi connectivity index (χ2v) is 6.28. The Bertz CT molecular complexity index is 980. The summed E-state index contributed by atoms with van der Waals surface area (Å²) in [6.07, 6.45) is 5.48. The van der Waals surface area contributed by atoms with Crippen molar-refractivity contribution in [2.45, 2.75) is 6.42 Å². The largest absolute Gasteiger partial charge is 0.493 e. The molecule has 1 N–H and O–H groups in total. The number of hydrogen-bond acceptors (Lipinski definition) is 4. The molecule has 148 valence electrons. The molecule has 2 aromatic rings. The first-order valence-corrected chi connectivity index (χ1v) is 9.06. The molecule has 0 atom stereocenters. The van der Waals surface area contributed by atoms with Crippen LogP contribution in [-0.2, 0) is 16.0 Å². The van der Waals surface area contributed by atoms with Gasteiger partial charge in [0.25, 0.3) is 11.8 Å². The summed E-state index contributed by atoms with van der Waals surface area (Å²) in [5.74, 6) is 0.207. The smallest absolute Gasteiger partial charge is 0.282 e. The van der Waals surface area contributed by atoms with Crippen molar-refractivity contribution in [1.29, 1.82) is 0 Å². The fourth-order valence-electron chi connectivity index (χ4n) is 3.01. The first-order valence-electron chi connectivity index (χ1n) is 9.06. The molecule has 0 bridgehead atoms. The molecule has 1 fully saturated rings. The maximum absolute atomic E-state index is 12.8. The number of hydrazine groups is 1. The lowest BCUT2D eigenvalue weighted by molar-refractivity contribution is -0.117. The molecule has 0 saturated carbocycles. The average molecular weight is 390 g/mol. The lowest BCUT2D eigenvalue weighted by atomic mass is 10.0. The minimum absolute atomic E-state index is 0.0419. The molecule has 0 aliphatic carbocycles. The number of benzene rings is 2. The molecule has 1 aliphatic rings. The van der Waals surface area contributed by atoms with E-state index in [0.717, 1.165) is 5.56 Å². The number of hydrogen-bond donors (Lipinski definition) is 1. The third-order valence-corrected chi connectivity index (χ3v) is 4.30. The molecule has 3 rings (SSSR count). The van der Waals surface area contributed by atoms with Gasteiger partial charge in [0, 0.05) is 5.56 Å². The number of carbonyl (C=O) groups is 2. The zero-order valence-electron chi connectivity index (χ0n) is 16.2. The first kappa shape index (κ1) is 19.9. The van der Waals surface area contributed by atoms with Crippen molar-refractivity contribution in [1.82, 2.24) is 5.43 Å². The molecule has 29 heavy (non-hydrogen) atoms. The first-order chi connectivity index (χ1) is 14.1. The number of rotatable bonds is 8. The Morgan fingerprint density at radius 1 is 1.10 bits per heavy atom. The van der Waals surface area contributed by atoms with Crippen molar-refractivity contribution >= 4 is 23.6 Å². The van der Waals surface area contributed by atoms with Gasteiger partial charge in [-0.1, -0.05) is 36.9 Å². The van der Waals surface area contributed by atoms with Gasteiger partial charge in [-0.25, -0.2) is 5.01 Å². The van der Waals surface area contributed by atoms with Crippen molar-refractivity contribution in [3.05, 3.63) is 84.5 Å². The van der Waals surface area contributed by atoms with Gasteiger partial charge in [0.05, 0.1) is 12.8 Å². The number of methoxy groups -OCH3 is 1. The highest BCUT2D eigenvalue weighted by Gasteiger charge is 2.34. The molecule has 0 radical (unpaired) electrons. The maximum Gasteiger partial charge on any atom is 0.282 e. The van der Waals surface area contributed by atoms with Crippen molar-refractivity contribution in [2.24, 2.45) is 0 Å². The van der Waals surface area contributed by atoms with E-state index in [4.69, 9.17) is 9.47 Å². The predicted octanol–water partition coefficient (Wildman–Crippen LogP) is 3.45. The van der Waals surface area contributed by atoms with Gasteiger partial charge in [-0.2, -0.15) is 0 Å². The predicted molar refractivity (Wildman–Crippen MR) is 113 cm³/mol. The van der Waals surface area contributed by atoms with Crippen molar-refractivity contribution in [2.75, 3.05) is 18.7 Å². The molecular formula is C23H22N2O4. The van der Waals surface area contributed by atoms with Gasteiger partial charge in [0.15, 0.2) is 11.5 Å². The summed E-state index contributed by atoms with van der Waals surface area (Å²) in [7, 11) is 1.54. The quantitative estimate of drug-likeness (QED) is 0.426. The van der Waals surface area contributed by atoms with E-state index >= 15 is 0 Å². The highest BCUT2D eigenvalue weighted by Crippen LogP contribution is 2.35. The van der Waals surface area contributed by atoms with Gasteiger partial charge in [-0.3, -0.25) is 15.0 Å². The fraction of sp³-hybridized carbons (Fsp3) is 0.130. The molecule has 1 heterocycles. The Morgan fingerprint density at radius 2 is 1.86 bits per heavy atom. The van der Waals surface area contributed by atoms with Crippen LogP contribution in [0.25, 0.3) is 6.08 Å². The van der Waals surface area contributed by atoms with Crippen molar-refractivity contribution < 1.29 is 19.1 Å². The van der Waals surface area contributed by atoms with Crippen LogP contribution >= 0.6 is 0 Å². The summed E-state index contributed by atoms with van der Waals surface area (Å²) < 4.78 is 11.2. The summed E-state index contributed by atoms with van der Waals surface area (Å²) in [6, 6.07) is 12.5. The van der Waals surface area contributed by atoms with E-state index in [1.807, 2.05) is 12.1 Å². The van der Waals surface area contributed by atoms with Gasteiger partial charge in [-0.15, -0.1) is 6.58 Å². The van der Waals surface area contributed by atoms with Crippen LogP contribution in [0.4, 0.5) is 5.69 Å². The molecule has 0 aromatic heterocycles. The van der Waals surface area contributed by atoms with Crippen LogP contribution in [-0.4, -0.2) is 25.5 Å². The lowest BCUT2D eigenvalue weighted by Gasteiger charge is -2.15. The topological polar surface area (TPSA) is 67.9 Å². The van der Waals surface area contributed by atoms with E-state index in [9.17, 15) is 9.59 Å². The van der Waals surface area contributed by atoms with Crippen LogP contribution in [0.15, 0.2) is 73.3 Å². The van der Waals surface area contributed by atoms with Gasteiger partial charge in [0.1, 0.15) is 12.2 Å². The Morgan fingerprint density at radius 3 is 2.52 bits per heavy atom. The third kappa shape index (κ3) is 4.21. The Labute approximate surface area is 169 Å². The van der Waals surface area contributed by atoms with Gasteiger partial charge in [-0.05, 0) is 42.3 Å². The molecular weight excluding hydrogens is 368 g/mol. The molecule has 1 saturated heterocycles. The van der Waals surface area contributed by atoms with E-state index in [1.165, 1.54) is 12.1 Å². The third-order valence-electron chi connectivity index (χ3n) is 4.30. The van der Waals surface area contributed by atoms with Crippen LogP contribution in [0, 0.1) is 0 Å². The number of anilines is 1. The van der Waals surface area contributed by atoms with Crippen molar-refractivity contribution in [3.63, 3.8) is 0 Å². The minimum atomic E-state index is -0.463. The minimum Gasteiger partial charge on any atom is -0.493 e. The molecule has 1 aliphatic heterocycles. The Balaban J connectivity index is 1.99. The highest BCUT2D eigenvalue weighted by molar-refractivity contribution is 6.31. The molecule has 2 amide bonds. The van der Waals surface area contributed by atoms with E-state index in [2.05, 4.69) is 18.6 Å². The zero-order valence-corrected chi connectivity index (χ0v) is 16.2. The second kappa shape index (κ2) is 8.93. The van der Waals surface area contributed by atoms with E-state index in [1.54, 1.807) is 48.6 Å². The van der Waals surface area contributed by atoms with Crippen LogP contribution in [0.1, 0.15) is 11.1 Å². The highest BCUT2D eigenvalue weighted by atomic mass is 16.5. The number of nitrogens with one attached hydrogen (secondary N) is 1. The number of nitrogens with zero attached hydrogens (tertiary/aromatic N) is 1.